The van der Waals surface area contributed by atoms with Crippen molar-refractivity contribution in [1.29, 1.82) is 0 Å². The molecule has 0 unspecified atom stereocenters. The highest BCUT2D eigenvalue weighted by molar-refractivity contribution is 5.44. The molecule has 1 aliphatic rings. The van der Waals surface area contributed by atoms with Gasteiger partial charge in [-0.15, -0.1) is 0 Å². The number of methoxy groups -OCH3 is 2. The lowest BCUT2D eigenvalue weighted by molar-refractivity contribution is 0.242. The Hall–Kier alpha value is -3.85. The standard InChI is InChI=1S/C24H26N6O3/c1-32-20-8-7-16(11-21(20)33-2)13-25-23-27-24-26-19(12-22(31)30(24)28-23)15-29-10-9-17-5-3-4-6-18(17)14-29/h3-8,11-12H,9-10,13-15H2,1-2H3,(H2,25,26,27,28). The molecule has 2 N–H and O–H groups in total. The monoisotopic (exact) mass is 446 g/mol. The first-order valence-corrected chi connectivity index (χ1v) is 10.9. The zero-order valence-electron chi connectivity index (χ0n) is 18.7. The Labute approximate surface area is 191 Å². The Morgan fingerprint density at radius 3 is 2.67 bits per heavy atom. The van der Waals surface area contributed by atoms with Gasteiger partial charge in [0, 0.05) is 32.2 Å². The highest BCUT2D eigenvalue weighted by Crippen LogP contribution is 2.27. The van der Waals surface area contributed by atoms with E-state index >= 15 is 0 Å². The Morgan fingerprint density at radius 1 is 1.03 bits per heavy atom. The van der Waals surface area contributed by atoms with E-state index in [1.807, 2.05) is 18.2 Å². The second-order valence-electron chi connectivity index (χ2n) is 8.07. The topological polar surface area (TPSA) is 96.8 Å². The number of aromatic amines is 1. The molecule has 4 aromatic rings. The molecule has 0 saturated heterocycles. The van der Waals surface area contributed by atoms with Crippen LogP contribution >= 0.6 is 0 Å². The van der Waals surface area contributed by atoms with Crippen LogP contribution in [0.5, 0.6) is 11.5 Å². The molecule has 1 aliphatic heterocycles. The van der Waals surface area contributed by atoms with Crippen molar-refractivity contribution in [3.05, 3.63) is 81.3 Å². The van der Waals surface area contributed by atoms with Gasteiger partial charge in [-0.25, -0.2) is 4.98 Å². The first-order valence-electron chi connectivity index (χ1n) is 10.9. The van der Waals surface area contributed by atoms with E-state index in [-0.39, 0.29) is 5.56 Å². The van der Waals surface area contributed by atoms with Gasteiger partial charge in [-0.05, 0) is 35.2 Å². The van der Waals surface area contributed by atoms with Crippen LogP contribution in [-0.4, -0.2) is 45.2 Å². The summed E-state index contributed by atoms with van der Waals surface area (Å²) in [5.41, 5.74) is 4.26. The predicted molar refractivity (Wildman–Crippen MR) is 125 cm³/mol. The average Bonchev–Trinajstić information content (AvgIpc) is 3.26. The largest absolute Gasteiger partial charge is 0.493 e. The smallest absolute Gasteiger partial charge is 0.274 e. The lowest BCUT2D eigenvalue weighted by Crippen LogP contribution is -2.31. The lowest BCUT2D eigenvalue weighted by Gasteiger charge is -2.28. The van der Waals surface area contributed by atoms with Gasteiger partial charge in [-0.3, -0.25) is 14.8 Å². The summed E-state index contributed by atoms with van der Waals surface area (Å²) in [4.78, 5) is 24.0. The summed E-state index contributed by atoms with van der Waals surface area (Å²) < 4.78 is 12.0. The summed E-state index contributed by atoms with van der Waals surface area (Å²) in [6.45, 7) is 2.91. The molecule has 170 valence electrons. The molecule has 0 spiro atoms. The Bertz CT molecular complexity index is 1350. The number of anilines is 1. The molecule has 5 rings (SSSR count). The van der Waals surface area contributed by atoms with Crippen molar-refractivity contribution in [2.45, 2.75) is 26.1 Å². The molecule has 0 radical (unpaired) electrons. The number of hydrogen-bond donors (Lipinski definition) is 2. The second-order valence-corrected chi connectivity index (χ2v) is 8.07. The number of rotatable bonds is 7. The molecule has 2 aromatic carbocycles. The normalized spacial score (nSPS) is 13.6. The van der Waals surface area contributed by atoms with Gasteiger partial charge in [-0.1, -0.05) is 30.3 Å². The zero-order valence-corrected chi connectivity index (χ0v) is 18.7. The maximum Gasteiger partial charge on any atom is 0.274 e. The Balaban J connectivity index is 1.30. The minimum Gasteiger partial charge on any atom is -0.493 e. The van der Waals surface area contributed by atoms with Crippen molar-refractivity contribution < 1.29 is 9.47 Å². The molecule has 3 heterocycles. The molecule has 0 atom stereocenters. The fourth-order valence-corrected chi connectivity index (χ4v) is 4.18. The van der Waals surface area contributed by atoms with Gasteiger partial charge in [0.05, 0.1) is 19.9 Å². The summed E-state index contributed by atoms with van der Waals surface area (Å²) in [6.07, 6.45) is 1.00. The Morgan fingerprint density at radius 2 is 1.85 bits per heavy atom. The van der Waals surface area contributed by atoms with Crippen molar-refractivity contribution in [2.75, 3.05) is 26.1 Å². The van der Waals surface area contributed by atoms with Crippen LogP contribution in [0.2, 0.25) is 0 Å². The fourth-order valence-electron chi connectivity index (χ4n) is 4.18. The fraction of sp³-hybridized carbons (Fsp3) is 0.292. The molecule has 9 nitrogen and oxygen atoms in total. The maximum atomic E-state index is 12.7. The molecule has 0 aliphatic carbocycles. The lowest BCUT2D eigenvalue weighted by atomic mass is 10.00. The zero-order chi connectivity index (χ0) is 22.8. The van der Waals surface area contributed by atoms with Gasteiger partial charge in [0.15, 0.2) is 11.5 Å². The number of fused-ring (bicyclic) bond motifs is 2. The van der Waals surface area contributed by atoms with Crippen molar-refractivity contribution >= 4 is 11.7 Å². The van der Waals surface area contributed by atoms with Gasteiger partial charge in [0.1, 0.15) is 0 Å². The second kappa shape index (κ2) is 8.95. The van der Waals surface area contributed by atoms with Gasteiger partial charge in [0.25, 0.3) is 11.3 Å². The van der Waals surface area contributed by atoms with E-state index in [0.29, 0.717) is 36.3 Å². The molecule has 0 amide bonds. The van der Waals surface area contributed by atoms with Gasteiger partial charge < -0.3 is 14.8 Å². The number of nitrogens with zero attached hydrogens (tertiary/aromatic N) is 4. The first kappa shape index (κ1) is 21.0. The third-order valence-electron chi connectivity index (χ3n) is 5.89. The van der Waals surface area contributed by atoms with E-state index in [0.717, 1.165) is 30.8 Å². The van der Waals surface area contributed by atoms with Crippen LogP contribution in [0.25, 0.3) is 5.78 Å². The summed E-state index contributed by atoms with van der Waals surface area (Å²) in [5.74, 6) is 2.15. The van der Waals surface area contributed by atoms with Gasteiger partial charge in [0.2, 0.25) is 5.95 Å². The van der Waals surface area contributed by atoms with Crippen LogP contribution < -0.4 is 20.3 Å². The highest BCUT2D eigenvalue weighted by Gasteiger charge is 2.17. The molecule has 0 fully saturated rings. The SMILES string of the molecule is COc1ccc(CNc2nc3nc(CN4CCc5ccccc5C4)cc(=O)n3[nH]2)cc1OC. The molecule has 9 heteroatoms. The molecule has 33 heavy (non-hydrogen) atoms. The summed E-state index contributed by atoms with van der Waals surface area (Å²) in [5, 5.41) is 6.18. The number of hydrogen-bond acceptors (Lipinski definition) is 7. The first-order chi connectivity index (χ1) is 16.1. The van der Waals surface area contributed by atoms with Crippen molar-refractivity contribution in [1.82, 2.24) is 24.5 Å². The third-order valence-corrected chi connectivity index (χ3v) is 5.89. The van der Waals surface area contributed by atoms with Crippen LogP contribution in [-0.2, 0) is 26.1 Å². The van der Waals surface area contributed by atoms with E-state index < -0.39 is 0 Å². The minimum atomic E-state index is -0.181. The van der Waals surface area contributed by atoms with Crippen molar-refractivity contribution in [2.24, 2.45) is 0 Å². The van der Waals surface area contributed by atoms with Gasteiger partial charge >= 0.3 is 0 Å². The van der Waals surface area contributed by atoms with E-state index in [1.54, 1.807) is 20.3 Å². The summed E-state index contributed by atoms with van der Waals surface area (Å²) in [6, 6.07) is 15.8. The van der Waals surface area contributed by atoms with Crippen molar-refractivity contribution in [3.8, 4) is 11.5 Å². The third kappa shape index (κ3) is 4.40. The number of benzene rings is 2. The average molecular weight is 447 g/mol. The summed E-state index contributed by atoms with van der Waals surface area (Å²) >= 11 is 0. The Kier molecular flexibility index (Phi) is 5.70. The number of H-pyrrole nitrogens is 1. The summed E-state index contributed by atoms with van der Waals surface area (Å²) in [7, 11) is 3.21. The molecule has 2 aromatic heterocycles. The van der Waals surface area contributed by atoms with Crippen molar-refractivity contribution in [3.63, 3.8) is 0 Å². The molecule has 0 saturated carbocycles. The van der Waals surface area contributed by atoms with Crippen LogP contribution in [0, 0.1) is 0 Å². The van der Waals surface area contributed by atoms with E-state index in [4.69, 9.17) is 9.47 Å². The van der Waals surface area contributed by atoms with Crippen LogP contribution in [0.4, 0.5) is 5.95 Å². The van der Waals surface area contributed by atoms with Crippen LogP contribution in [0.3, 0.4) is 0 Å². The minimum absolute atomic E-state index is 0.181. The quantitative estimate of drug-likeness (QED) is 0.450. The highest BCUT2D eigenvalue weighted by atomic mass is 16.5. The number of ether oxygens (including phenoxy) is 2. The predicted octanol–water partition coefficient (Wildman–Crippen LogP) is 2.61. The molecular formula is C24H26N6O3. The van der Waals surface area contributed by atoms with Crippen LogP contribution in [0.15, 0.2) is 53.3 Å². The van der Waals surface area contributed by atoms with Gasteiger partial charge in [-0.2, -0.15) is 9.50 Å². The molecule has 0 bridgehead atoms. The van der Waals surface area contributed by atoms with E-state index in [9.17, 15) is 4.79 Å². The number of aromatic nitrogens is 4. The van der Waals surface area contributed by atoms with Crippen LogP contribution in [0.1, 0.15) is 22.4 Å². The molecular weight excluding hydrogens is 420 g/mol. The van der Waals surface area contributed by atoms with E-state index in [2.05, 4.69) is 49.5 Å². The number of nitrogens with one attached hydrogen (secondary N) is 2. The maximum absolute atomic E-state index is 12.7. The van der Waals surface area contributed by atoms with E-state index in [1.165, 1.54) is 15.6 Å².